The molecule has 0 radical (unpaired) electrons. The van der Waals surface area contributed by atoms with Crippen LogP contribution in [0.25, 0.3) is 0 Å². The number of amides is 2. The van der Waals surface area contributed by atoms with E-state index in [0.29, 0.717) is 11.3 Å². The van der Waals surface area contributed by atoms with Gasteiger partial charge in [0.25, 0.3) is 5.91 Å². The molecule has 2 N–H and O–H groups in total. The molecule has 4 rings (SSSR count). The molecule has 1 heterocycles. The van der Waals surface area contributed by atoms with Gasteiger partial charge in [-0.2, -0.15) is 0 Å². The maximum Gasteiger partial charge on any atom is 0.255 e. The van der Waals surface area contributed by atoms with Crippen LogP contribution in [0.1, 0.15) is 48.5 Å². The molecule has 2 aliphatic rings. The van der Waals surface area contributed by atoms with Gasteiger partial charge in [-0.1, -0.05) is 25.1 Å². The van der Waals surface area contributed by atoms with E-state index in [-0.39, 0.29) is 17.7 Å². The fraction of sp³-hybridized carbons (Fsp3) is 0.417. The molecule has 5 nitrogen and oxygen atoms in total. The van der Waals surface area contributed by atoms with Gasteiger partial charge in [0.1, 0.15) is 0 Å². The summed E-state index contributed by atoms with van der Waals surface area (Å²) in [5.41, 5.74) is 3.24. The number of nitrogens with one attached hydrogen (secondary N) is 2. The Bertz CT molecular complexity index is 866. The number of piperidine rings is 1. The van der Waals surface area contributed by atoms with Crippen LogP contribution in [0.2, 0.25) is 0 Å². The van der Waals surface area contributed by atoms with Crippen LogP contribution in [0.3, 0.4) is 0 Å². The van der Waals surface area contributed by atoms with E-state index < -0.39 is 0 Å². The van der Waals surface area contributed by atoms with Crippen LogP contribution in [0.5, 0.6) is 0 Å². The zero-order valence-corrected chi connectivity index (χ0v) is 17.0. The molecule has 5 heteroatoms. The van der Waals surface area contributed by atoms with E-state index in [0.717, 1.165) is 44.1 Å². The van der Waals surface area contributed by atoms with Gasteiger partial charge in [-0.3, -0.25) is 14.5 Å². The van der Waals surface area contributed by atoms with Crippen LogP contribution in [-0.4, -0.2) is 29.8 Å². The minimum atomic E-state index is -0.176. The number of hydrogen-bond acceptors (Lipinski definition) is 3. The second-order valence-corrected chi connectivity index (χ2v) is 8.45. The summed E-state index contributed by atoms with van der Waals surface area (Å²) in [5.74, 6) is 0.843. The number of benzene rings is 2. The quantitative estimate of drug-likeness (QED) is 0.761. The summed E-state index contributed by atoms with van der Waals surface area (Å²) in [7, 11) is 0. The van der Waals surface area contributed by atoms with Crippen molar-refractivity contribution in [3.05, 3.63) is 59.7 Å². The van der Waals surface area contributed by atoms with Crippen molar-refractivity contribution in [1.82, 2.24) is 4.90 Å². The van der Waals surface area contributed by atoms with Gasteiger partial charge in [0.2, 0.25) is 5.91 Å². The maximum atomic E-state index is 12.6. The van der Waals surface area contributed by atoms with Crippen LogP contribution in [0.4, 0.5) is 11.4 Å². The lowest BCUT2D eigenvalue weighted by molar-refractivity contribution is -0.117. The molecule has 29 heavy (non-hydrogen) atoms. The Morgan fingerprint density at radius 2 is 1.66 bits per heavy atom. The van der Waals surface area contributed by atoms with Crippen LogP contribution in [-0.2, 0) is 11.3 Å². The van der Waals surface area contributed by atoms with E-state index in [1.807, 2.05) is 18.2 Å². The molecule has 0 aromatic heterocycles. The van der Waals surface area contributed by atoms with Crippen molar-refractivity contribution in [2.75, 3.05) is 23.7 Å². The van der Waals surface area contributed by atoms with Crippen molar-refractivity contribution in [2.24, 2.45) is 11.8 Å². The van der Waals surface area contributed by atoms with Gasteiger partial charge in [-0.25, -0.2) is 0 Å². The lowest BCUT2D eigenvalue weighted by Crippen LogP contribution is -2.32. The highest BCUT2D eigenvalue weighted by molar-refractivity contribution is 6.05. The first kappa shape index (κ1) is 19.6. The van der Waals surface area contributed by atoms with E-state index in [1.54, 1.807) is 18.2 Å². The largest absolute Gasteiger partial charge is 0.326 e. The number of hydrogen-bond donors (Lipinski definition) is 2. The SMILES string of the molecule is CC1CCN(Cc2ccc(NC(=O)c3cccc(NC(=O)C4CC4)c3)cc2)CC1. The smallest absolute Gasteiger partial charge is 0.255 e. The Morgan fingerprint density at radius 3 is 2.34 bits per heavy atom. The minimum Gasteiger partial charge on any atom is -0.326 e. The molecular weight excluding hydrogens is 362 g/mol. The van der Waals surface area contributed by atoms with Crippen LogP contribution >= 0.6 is 0 Å². The molecule has 1 aliphatic heterocycles. The molecule has 152 valence electrons. The highest BCUT2D eigenvalue weighted by Crippen LogP contribution is 2.30. The van der Waals surface area contributed by atoms with Crippen molar-refractivity contribution in [3.63, 3.8) is 0 Å². The Balaban J connectivity index is 1.32. The average molecular weight is 392 g/mol. The third-order valence-corrected chi connectivity index (χ3v) is 5.83. The molecule has 2 amide bonds. The Labute approximate surface area is 172 Å². The molecule has 2 fully saturated rings. The van der Waals surface area contributed by atoms with Crippen molar-refractivity contribution < 1.29 is 9.59 Å². The van der Waals surface area contributed by atoms with Gasteiger partial charge < -0.3 is 10.6 Å². The highest BCUT2D eigenvalue weighted by Gasteiger charge is 2.29. The highest BCUT2D eigenvalue weighted by atomic mass is 16.2. The Morgan fingerprint density at radius 1 is 0.931 bits per heavy atom. The van der Waals surface area contributed by atoms with E-state index in [4.69, 9.17) is 0 Å². The lowest BCUT2D eigenvalue weighted by atomic mass is 9.99. The van der Waals surface area contributed by atoms with Gasteiger partial charge in [-0.15, -0.1) is 0 Å². The van der Waals surface area contributed by atoms with Gasteiger partial charge >= 0.3 is 0 Å². The summed E-state index contributed by atoms with van der Waals surface area (Å²) < 4.78 is 0. The summed E-state index contributed by atoms with van der Waals surface area (Å²) in [6, 6.07) is 15.2. The van der Waals surface area contributed by atoms with Crippen molar-refractivity contribution in [2.45, 2.75) is 39.2 Å². The van der Waals surface area contributed by atoms with Gasteiger partial charge in [0.15, 0.2) is 0 Å². The van der Waals surface area contributed by atoms with Gasteiger partial charge in [0.05, 0.1) is 0 Å². The van der Waals surface area contributed by atoms with E-state index in [1.165, 1.54) is 18.4 Å². The summed E-state index contributed by atoms with van der Waals surface area (Å²) in [4.78, 5) is 27.0. The predicted molar refractivity (Wildman–Crippen MR) is 116 cm³/mol. The number of carbonyl (C=O) groups is 2. The van der Waals surface area contributed by atoms with Crippen LogP contribution < -0.4 is 10.6 Å². The zero-order chi connectivity index (χ0) is 20.2. The molecule has 0 atom stereocenters. The first-order chi connectivity index (χ1) is 14.1. The van der Waals surface area contributed by atoms with Crippen LogP contribution in [0, 0.1) is 11.8 Å². The second-order valence-electron chi connectivity index (χ2n) is 8.45. The summed E-state index contributed by atoms with van der Waals surface area (Å²) in [6.07, 6.45) is 4.46. The second kappa shape index (κ2) is 8.78. The third kappa shape index (κ3) is 5.45. The van der Waals surface area contributed by atoms with Crippen molar-refractivity contribution in [3.8, 4) is 0 Å². The summed E-state index contributed by atoms with van der Waals surface area (Å²) in [5, 5.41) is 5.83. The number of rotatable bonds is 6. The molecule has 0 bridgehead atoms. The lowest BCUT2D eigenvalue weighted by Gasteiger charge is -2.30. The maximum absolute atomic E-state index is 12.6. The van der Waals surface area contributed by atoms with Crippen molar-refractivity contribution in [1.29, 1.82) is 0 Å². The van der Waals surface area contributed by atoms with Gasteiger partial charge in [-0.05, 0) is 80.6 Å². The van der Waals surface area contributed by atoms with E-state index in [9.17, 15) is 9.59 Å². The molecule has 1 aliphatic carbocycles. The van der Waals surface area contributed by atoms with E-state index in [2.05, 4.69) is 34.6 Å². The van der Waals surface area contributed by atoms with Crippen molar-refractivity contribution >= 4 is 23.2 Å². The fourth-order valence-electron chi connectivity index (χ4n) is 3.70. The topological polar surface area (TPSA) is 61.4 Å². The third-order valence-electron chi connectivity index (χ3n) is 5.83. The fourth-order valence-corrected chi connectivity index (χ4v) is 3.70. The molecule has 1 saturated heterocycles. The molecule has 2 aromatic carbocycles. The van der Waals surface area contributed by atoms with Gasteiger partial charge in [0, 0.05) is 29.4 Å². The monoisotopic (exact) mass is 391 g/mol. The zero-order valence-electron chi connectivity index (χ0n) is 17.0. The number of anilines is 2. The summed E-state index contributed by atoms with van der Waals surface area (Å²) >= 11 is 0. The minimum absolute atomic E-state index is 0.0429. The predicted octanol–water partition coefficient (Wildman–Crippen LogP) is 4.52. The Hall–Kier alpha value is -2.66. The average Bonchev–Trinajstić information content (AvgIpc) is 3.57. The first-order valence-corrected chi connectivity index (χ1v) is 10.6. The van der Waals surface area contributed by atoms with Crippen LogP contribution in [0.15, 0.2) is 48.5 Å². The first-order valence-electron chi connectivity index (χ1n) is 10.6. The van der Waals surface area contributed by atoms with E-state index >= 15 is 0 Å². The number of nitrogens with zero attached hydrogens (tertiary/aromatic N) is 1. The molecule has 1 saturated carbocycles. The normalized spacial score (nSPS) is 17.7. The standard InChI is InChI=1S/C24H29N3O2/c1-17-11-13-27(14-12-17)16-18-5-9-21(10-6-18)25-24(29)20-3-2-4-22(15-20)26-23(28)19-7-8-19/h2-6,9-10,15,17,19H,7-8,11-14,16H2,1H3,(H,25,29)(H,26,28). The number of carbonyl (C=O) groups excluding carboxylic acids is 2. The number of likely N-dealkylation sites (tertiary alicyclic amines) is 1. The molecule has 0 unspecified atom stereocenters. The summed E-state index contributed by atoms with van der Waals surface area (Å²) in [6.45, 7) is 5.61. The Kier molecular flexibility index (Phi) is 5.95. The molecule has 0 spiro atoms. The molecular formula is C24H29N3O2. The molecule has 2 aromatic rings.